The SMILES string of the molecule is CC(C)(CCC(=O)CCC(=O)CCC(C)(C)CC1CC(=O)C(=O)CO1)Cc1cc(=O)c(O)co1. The molecular formula is C26H36O8. The van der Waals surface area contributed by atoms with Crippen molar-refractivity contribution in [2.45, 2.75) is 91.6 Å². The summed E-state index contributed by atoms with van der Waals surface area (Å²) in [5, 5.41) is 9.29. The lowest BCUT2D eigenvalue weighted by Crippen LogP contribution is -2.36. The maximum absolute atomic E-state index is 12.3. The fraction of sp³-hybridized carbons (Fsp3) is 0.654. The second kappa shape index (κ2) is 11.7. The van der Waals surface area contributed by atoms with Crippen LogP contribution in [0.25, 0.3) is 0 Å². The number of aromatic hydroxyl groups is 1. The van der Waals surface area contributed by atoms with E-state index in [0.717, 1.165) is 6.26 Å². The Balaban J connectivity index is 1.69. The fourth-order valence-electron chi connectivity index (χ4n) is 4.08. The Kier molecular flexibility index (Phi) is 9.50. The van der Waals surface area contributed by atoms with E-state index in [4.69, 9.17) is 9.15 Å². The normalized spacial score (nSPS) is 17.1. The van der Waals surface area contributed by atoms with Crippen LogP contribution >= 0.6 is 0 Å². The van der Waals surface area contributed by atoms with Gasteiger partial charge in [0.25, 0.3) is 0 Å². The molecule has 1 aromatic heterocycles. The highest BCUT2D eigenvalue weighted by Crippen LogP contribution is 2.32. The minimum absolute atomic E-state index is 0.0200. The van der Waals surface area contributed by atoms with Crippen LogP contribution in [0.4, 0.5) is 0 Å². The Bertz CT molecular complexity index is 969. The zero-order valence-electron chi connectivity index (χ0n) is 20.6. The highest BCUT2D eigenvalue weighted by atomic mass is 16.5. The van der Waals surface area contributed by atoms with Gasteiger partial charge in [-0.05, 0) is 30.1 Å². The fourth-order valence-corrected chi connectivity index (χ4v) is 4.08. The molecule has 2 heterocycles. The molecule has 0 radical (unpaired) electrons. The lowest BCUT2D eigenvalue weighted by Gasteiger charge is -2.31. The van der Waals surface area contributed by atoms with Crippen LogP contribution in [-0.2, 0) is 30.3 Å². The van der Waals surface area contributed by atoms with Crippen molar-refractivity contribution < 1.29 is 33.4 Å². The maximum atomic E-state index is 12.3. The molecule has 8 nitrogen and oxygen atoms in total. The molecule has 0 bridgehead atoms. The van der Waals surface area contributed by atoms with Crippen LogP contribution in [0, 0.1) is 10.8 Å². The molecule has 188 valence electrons. The number of hydrogen-bond acceptors (Lipinski definition) is 8. The van der Waals surface area contributed by atoms with Crippen LogP contribution in [0.2, 0.25) is 0 Å². The summed E-state index contributed by atoms with van der Waals surface area (Å²) in [5.74, 6) is -0.804. The Morgan fingerprint density at radius 1 is 0.941 bits per heavy atom. The molecule has 1 N–H and O–H groups in total. The molecule has 1 aliphatic rings. The van der Waals surface area contributed by atoms with Crippen molar-refractivity contribution in [2.24, 2.45) is 10.8 Å². The van der Waals surface area contributed by atoms with Crippen LogP contribution in [0.5, 0.6) is 5.75 Å². The molecule has 0 aromatic carbocycles. The summed E-state index contributed by atoms with van der Waals surface area (Å²) in [6, 6.07) is 1.26. The van der Waals surface area contributed by atoms with Crippen molar-refractivity contribution in [1.82, 2.24) is 0 Å². The zero-order valence-corrected chi connectivity index (χ0v) is 20.6. The number of carbonyl (C=O) groups is 4. The predicted octanol–water partition coefficient (Wildman–Crippen LogP) is 3.74. The summed E-state index contributed by atoms with van der Waals surface area (Å²) in [4.78, 5) is 59.1. The second-order valence-electron chi connectivity index (χ2n) is 10.9. The molecule has 1 aliphatic heterocycles. The largest absolute Gasteiger partial charge is 0.502 e. The second-order valence-corrected chi connectivity index (χ2v) is 10.9. The van der Waals surface area contributed by atoms with Crippen molar-refractivity contribution in [3.05, 3.63) is 28.3 Å². The Morgan fingerprint density at radius 3 is 2.09 bits per heavy atom. The van der Waals surface area contributed by atoms with Crippen molar-refractivity contribution in [2.75, 3.05) is 6.61 Å². The molecule has 0 amide bonds. The summed E-state index contributed by atoms with van der Waals surface area (Å²) in [7, 11) is 0. The number of ketones is 4. The summed E-state index contributed by atoms with van der Waals surface area (Å²) in [6.45, 7) is 7.79. The van der Waals surface area contributed by atoms with Gasteiger partial charge < -0.3 is 14.3 Å². The molecule has 0 aliphatic carbocycles. The van der Waals surface area contributed by atoms with Crippen molar-refractivity contribution >= 4 is 23.1 Å². The van der Waals surface area contributed by atoms with E-state index >= 15 is 0 Å². The minimum Gasteiger partial charge on any atom is -0.502 e. The molecule has 0 saturated carbocycles. The van der Waals surface area contributed by atoms with Gasteiger partial charge in [0.15, 0.2) is 5.75 Å². The third-order valence-corrected chi connectivity index (χ3v) is 6.32. The molecule has 8 heteroatoms. The summed E-state index contributed by atoms with van der Waals surface area (Å²) >= 11 is 0. The van der Waals surface area contributed by atoms with Gasteiger partial charge in [-0.1, -0.05) is 27.7 Å². The first-order chi connectivity index (χ1) is 15.8. The van der Waals surface area contributed by atoms with E-state index in [0.29, 0.717) is 44.3 Å². The lowest BCUT2D eigenvalue weighted by molar-refractivity contribution is -0.148. The van der Waals surface area contributed by atoms with E-state index in [-0.39, 0.29) is 54.4 Å². The average molecular weight is 477 g/mol. The van der Waals surface area contributed by atoms with E-state index in [1.165, 1.54) is 6.07 Å². The van der Waals surface area contributed by atoms with E-state index in [9.17, 15) is 29.1 Å². The van der Waals surface area contributed by atoms with E-state index in [1.54, 1.807) is 0 Å². The number of ether oxygens (including phenoxy) is 1. The first-order valence-corrected chi connectivity index (χ1v) is 11.8. The summed E-state index contributed by atoms with van der Waals surface area (Å²) in [6.07, 6.45) is 4.16. The summed E-state index contributed by atoms with van der Waals surface area (Å²) < 4.78 is 10.7. The molecule has 1 aromatic rings. The van der Waals surface area contributed by atoms with Gasteiger partial charge in [0.1, 0.15) is 30.2 Å². The van der Waals surface area contributed by atoms with Crippen molar-refractivity contribution in [3.8, 4) is 5.75 Å². The number of carbonyl (C=O) groups excluding carboxylic acids is 4. The van der Waals surface area contributed by atoms with Crippen molar-refractivity contribution in [1.29, 1.82) is 0 Å². The predicted molar refractivity (Wildman–Crippen MR) is 125 cm³/mol. The maximum Gasteiger partial charge on any atom is 0.226 e. The molecule has 1 fully saturated rings. The average Bonchev–Trinajstić information content (AvgIpc) is 2.74. The van der Waals surface area contributed by atoms with Gasteiger partial charge in [0.2, 0.25) is 17.0 Å². The van der Waals surface area contributed by atoms with Gasteiger partial charge in [0, 0.05) is 44.6 Å². The molecule has 34 heavy (non-hydrogen) atoms. The quantitative estimate of drug-likeness (QED) is 0.427. The number of hydrogen-bond donors (Lipinski definition) is 1. The third-order valence-electron chi connectivity index (χ3n) is 6.32. The summed E-state index contributed by atoms with van der Waals surface area (Å²) in [5.41, 5.74) is -1.01. The Morgan fingerprint density at radius 2 is 1.53 bits per heavy atom. The van der Waals surface area contributed by atoms with E-state index in [2.05, 4.69) is 0 Å². The highest BCUT2D eigenvalue weighted by Gasteiger charge is 2.32. The first kappa shape index (κ1) is 27.6. The molecule has 2 rings (SSSR count). The van der Waals surface area contributed by atoms with Gasteiger partial charge in [-0.15, -0.1) is 0 Å². The van der Waals surface area contributed by atoms with Crippen LogP contribution < -0.4 is 5.43 Å². The Hall–Kier alpha value is -2.61. The molecule has 1 unspecified atom stereocenters. The number of rotatable bonds is 13. The monoisotopic (exact) mass is 476 g/mol. The molecular weight excluding hydrogens is 440 g/mol. The van der Waals surface area contributed by atoms with Gasteiger partial charge in [-0.2, -0.15) is 0 Å². The van der Waals surface area contributed by atoms with E-state index in [1.807, 2.05) is 27.7 Å². The van der Waals surface area contributed by atoms with Gasteiger partial charge in [-0.25, -0.2) is 0 Å². The van der Waals surface area contributed by atoms with Crippen molar-refractivity contribution in [3.63, 3.8) is 0 Å². The Labute approximate surface area is 200 Å². The van der Waals surface area contributed by atoms with E-state index < -0.39 is 22.7 Å². The standard InChI is InChI=1S/C26H36O8/c1-25(2,13-19-11-21(29)23(31)15-33-19)9-7-17(27)5-6-18(28)8-10-26(3,4)14-20-12-22(30)24(32)16-34-20/h11,15,20,31H,5-10,12-14,16H2,1-4H3. The van der Waals surface area contributed by atoms with Crippen LogP contribution in [0.15, 0.2) is 21.5 Å². The molecule has 1 atom stereocenters. The van der Waals surface area contributed by atoms with Crippen LogP contribution in [0.3, 0.4) is 0 Å². The molecule has 1 saturated heterocycles. The molecule has 0 spiro atoms. The van der Waals surface area contributed by atoms with Gasteiger partial charge in [-0.3, -0.25) is 24.0 Å². The topological polar surface area (TPSA) is 128 Å². The minimum atomic E-state index is -0.496. The van der Waals surface area contributed by atoms with Crippen LogP contribution in [0.1, 0.15) is 84.8 Å². The number of Topliss-reactive ketones (excluding diaryl/α,β-unsaturated/α-hetero) is 4. The van der Waals surface area contributed by atoms with Crippen LogP contribution in [-0.4, -0.2) is 41.0 Å². The highest BCUT2D eigenvalue weighted by molar-refractivity contribution is 6.38. The first-order valence-electron chi connectivity index (χ1n) is 11.8. The smallest absolute Gasteiger partial charge is 0.226 e. The third kappa shape index (κ3) is 9.33. The zero-order chi connectivity index (χ0) is 25.5. The van der Waals surface area contributed by atoms with Gasteiger partial charge in [0.05, 0.1) is 6.10 Å². The lowest BCUT2D eigenvalue weighted by atomic mass is 9.80. The van der Waals surface area contributed by atoms with Gasteiger partial charge >= 0.3 is 0 Å².